The first-order valence-electron chi connectivity index (χ1n) is 7.79. The molecule has 0 radical (unpaired) electrons. The molecule has 0 aliphatic carbocycles. The number of hydrogen-bond donors (Lipinski definition) is 2. The van der Waals surface area contributed by atoms with E-state index < -0.39 is 0 Å². The van der Waals surface area contributed by atoms with Gasteiger partial charge in [0.2, 0.25) is 5.91 Å². The Morgan fingerprint density at radius 1 is 1.17 bits per heavy atom. The van der Waals surface area contributed by atoms with E-state index in [4.69, 9.17) is 10.5 Å². The van der Waals surface area contributed by atoms with Crippen LogP contribution in [0.5, 0.6) is 5.75 Å². The van der Waals surface area contributed by atoms with Crippen LogP contribution in [0.25, 0.3) is 0 Å². The van der Waals surface area contributed by atoms with Crippen molar-refractivity contribution in [2.45, 2.75) is 26.2 Å². The molecule has 4 nitrogen and oxygen atoms in total. The highest BCUT2D eigenvalue weighted by Gasteiger charge is 2.20. The van der Waals surface area contributed by atoms with Gasteiger partial charge in [-0.25, -0.2) is 0 Å². The monoisotopic (exact) mass is 312 g/mol. The summed E-state index contributed by atoms with van der Waals surface area (Å²) in [5, 5.41) is 2.90. The molecule has 1 unspecified atom stereocenters. The molecule has 4 heteroatoms. The first-order valence-corrected chi connectivity index (χ1v) is 7.79. The Hall–Kier alpha value is -2.49. The summed E-state index contributed by atoms with van der Waals surface area (Å²) in [6.45, 7) is 4.26. The topological polar surface area (TPSA) is 64.3 Å². The van der Waals surface area contributed by atoms with Crippen molar-refractivity contribution in [3.63, 3.8) is 0 Å². The number of nitrogens with one attached hydrogen (secondary N) is 1. The fourth-order valence-electron chi connectivity index (χ4n) is 2.61. The van der Waals surface area contributed by atoms with Crippen LogP contribution in [-0.4, -0.2) is 13.0 Å². The summed E-state index contributed by atoms with van der Waals surface area (Å²) in [4.78, 5) is 12.4. The molecule has 0 fully saturated rings. The number of anilines is 2. The largest absolute Gasteiger partial charge is 0.497 e. The standard InChI is InChI=1S/C19H24N2O2/c1-13(2)16(14-7-5-4-6-8-14)12-19(22)21-18-11-15(23-3)9-10-17(18)20/h4-11,13,16H,12,20H2,1-3H3,(H,21,22). The minimum Gasteiger partial charge on any atom is -0.497 e. The Morgan fingerprint density at radius 3 is 2.48 bits per heavy atom. The molecule has 1 amide bonds. The number of carbonyl (C=O) groups excluding carboxylic acids is 1. The van der Waals surface area contributed by atoms with E-state index in [1.165, 1.54) is 5.56 Å². The summed E-state index contributed by atoms with van der Waals surface area (Å²) < 4.78 is 5.17. The molecular weight excluding hydrogens is 288 g/mol. The van der Waals surface area contributed by atoms with Crippen LogP contribution in [0.15, 0.2) is 48.5 Å². The van der Waals surface area contributed by atoms with E-state index in [0.717, 1.165) is 0 Å². The highest BCUT2D eigenvalue weighted by Crippen LogP contribution is 2.29. The van der Waals surface area contributed by atoms with Gasteiger partial charge in [-0.3, -0.25) is 4.79 Å². The molecule has 2 rings (SSSR count). The minimum absolute atomic E-state index is 0.0486. The smallest absolute Gasteiger partial charge is 0.225 e. The van der Waals surface area contributed by atoms with Crippen molar-refractivity contribution in [3.05, 3.63) is 54.1 Å². The lowest BCUT2D eigenvalue weighted by atomic mass is 9.85. The predicted molar refractivity (Wildman–Crippen MR) is 94.7 cm³/mol. The van der Waals surface area contributed by atoms with Crippen molar-refractivity contribution in [2.24, 2.45) is 5.92 Å². The van der Waals surface area contributed by atoms with E-state index in [-0.39, 0.29) is 11.8 Å². The Kier molecular flexibility index (Phi) is 5.63. The van der Waals surface area contributed by atoms with Crippen LogP contribution >= 0.6 is 0 Å². The van der Waals surface area contributed by atoms with Gasteiger partial charge >= 0.3 is 0 Å². The quantitative estimate of drug-likeness (QED) is 0.791. The number of nitrogens with two attached hydrogens (primary N) is 1. The third-order valence-corrected chi connectivity index (χ3v) is 3.97. The second-order valence-electron chi connectivity index (χ2n) is 5.97. The van der Waals surface area contributed by atoms with Crippen molar-refractivity contribution >= 4 is 17.3 Å². The first kappa shape index (κ1) is 16.9. The summed E-state index contributed by atoms with van der Waals surface area (Å²) in [7, 11) is 1.58. The maximum Gasteiger partial charge on any atom is 0.225 e. The van der Waals surface area contributed by atoms with E-state index >= 15 is 0 Å². The Bertz CT molecular complexity index is 654. The average Bonchev–Trinajstić information content (AvgIpc) is 2.55. The van der Waals surface area contributed by atoms with Gasteiger partial charge in [0.25, 0.3) is 0 Å². The summed E-state index contributed by atoms with van der Waals surface area (Å²) in [6.07, 6.45) is 0.415. The minimum atomic E-state index is -0.0486. The van der Waals surface area contributed by atoms with E-state index in [9.17, 15) is 4.79 Å². The average molecular weight is 312 g/mol. The van der Waals surface area contributed by atoms with Gasteiger partial charge in [-0.2, -0.15) is 0 Å². The maximum atomic E-state index is 12.4. The number of rotatable bonds is 6. The second kappa shape index (κ2) is 7.68. The number of ether oxygens (including phenoxy) is 1. The molecule has 0 heterocycles. The van der Waals surface area contributed by atoms with Crippen molar-refractivity contribution in [2.75, 3.05) is 18.2 Å². The maximum absolute atomic E-state index is 12.4. The second-order valence-corrected chi connectivity index (χ2v) is 5.97. The molecule has 0 saturated heterocycles. The fourth-order valence-corrected chi connectivity index (χ4v) is 2.61. The van der Waals surface area contributed by atoms with Crippen LogP contribution in [-0.2, 0) is 4.79 Å². The van der Waals surface area contributed by atoms with Crippen LogP contribution in [0.1, 0.15) is 31.7 Å². The molecule has 0 saturated carbocycles. The summed E-state index contributed by atoms with van der Waals surface area (Å²) in [5.74, 6) is 1.15. The molecule has 2 aromatic rings. The number of methoxy groups -OCH3 is 1. The zero-order valence-corrected chi connectivity index (χ0v) is 13.9. The van der Waals surface area contributed by atoms with Gasteiger partial charge in [-0.15, -0.1) is 0 Å². The highest BCUT2D eigenvalue weighted by atomic mass is 16.5. The van der Waals surface area contributed by atoms with Gasteiger partial charge in [-0.1, -0.05) is 44.2 Å². The number of nitrogen functional groups attached to an aromatic ring is 1. The lowest BCUT2D eigenvalue weighted by molar-refractivity contribution is -0.116. The molecule has 1 atom stereocenters. The third-order valence-electron chi connectivity index (χ3n) is 3.97. The normalized spacial score (nSPS) is 12.0. The first-order chi connectivity index (χ1) is 11.0. The van der Waals surface area contributed by atoms with Gasteiger partial charge in [0, 0.05) is 12.5 Å². The van der Waals surface area contributed by atoms with E-state index in [0.29, 0.717) is 29.5 Å². The van der Waals surface area contributed by atoms with Crippen molar-refractivity contribution in [1.82, 2.24) is 0 Å². The zero-order chi connectivity index (χ0) is 16.8. The van der Waals surface area contributed by atoms with Crippen LogP contribution in [0.4, 0.5) is 11.4 Å². The molecule has 0 aromatic heterocycles. The molecule has 3 N–H and O–H groups in total. The molecule has 0 aliphatic heterocycles. The molecule has 122 valence electrons. The third kappa shape index (κ3) is 4.49. The van der Waals surface area contributed by atoms with Crippen molar-refractivity contribution in [1.29, 1.82) is 0 Å². The molecular formula is C19H24N2O2. The van der Waals surface area contributed by atoms with Gasteiger partial charge in [0.15, 0.2) is 0 Å². The Morgan fingerprint density at radius 2 is 1.87 bits per heavy atom. The van der Waals surface area contributed by atoms with Crippen LogP contribution in [0.2, 0.25) is 0 Å². The molecule has 2 aromatic carbocycles. The fraction of sp³-hybridized carbons (Fsp3) is 0.316. The van der Waals surface area contributed by atoms with E-state index in [1.54, 1.807) is 25.3 Å². The Balaban J connectivity index is 2.11. The van der Waals surface area contributed by atoms with E-state index in [1.807, 2.05) is 18.2 Å². The molecule has 0 aliphatic rings. The number of hydrogen-bond acceptors (Lipinski definition) is 3. The van der Waals surface area contributed by atoms with Gasteiger partial charge in [0.1, 0.15) is 5.75 Å². The lowest BCUT2D eigenvalue weighted by Gasteiger charge is -2.21. The summed E-state index contributed by atoms with van der Waals surface area (Å²) in [5.41, 5.74) is 8.22. The van der Waals surface area contributed by atoms with E-state index in [2.05, 4.69) is 31.3 Å². The highest BCUT2D eigenvalue weighted by molar-refractivity contribution is 5.94. The number of carbonyl (C=O) groups is 1. The molecule has 23 heavy (non-hydrogen) atoms. The molecule has 0 bridgehead atoms. The van der Waals surface area contributed by atoms with Crippen LogP contribution in [0, 0.1) is 5.92 Å². The Labute approximate surface area is 137 Å². The van der Waals surface area contributed by atoms with Crippen molar-refractivity contribution < 1.29 is 9.53 Å². The van der Waals surface area contributed by atoms with Gasteiger partial charge in [0.05, 0.1) is 18.5 Å². The summed E-state index contributed by atoms with van der Waals surface area (Å²) in [6, 6.07) is 15.4. The van der Waals surface area contributed by atoms with Crippen LogP contribution < -0.4 is 15.8 Å². The molecule has 0 spiro atoms. The summed E-state index contributed by atoms with van der Waals surface area (Å²) >= 11 is 0. The zero-order valence-electron chi connectivity index (χ0n) is 13.9. The number of benzene rings is 2. The predicted octanol–water partition coefficient (Wildman–Crippen LogP) is 4.05. The van der Waals surface area contributed by atoms with Gasteiger partial charge < -0.3 is 15.8 Å². The van der Waals surface area contributed by atoms with Crippen molar-refractivity contribution in [3.8, 4) is 5.75 Å². The lowest BCUT2D eigenvalue weighted by Crippen LogP contribution is -2.19. The SMILES string of the molecule is COc1ccc(N)c(NC(=O)CC(c2ccccc2)C(C)C)c1. The van der Waals surface area contributed by atoms with Gasteiger partial charge in [-0.05, 0) is 29.5 Å². The number of amides is 1. The van der Waals surface area contributed by atoms with Crippen LogP contribution in [0.3, 0.4) is 0 Å².